The summed E-state index contributed by atoms with van der Waals surface area (Å²) < 4.78 is 2.08. The number of hydrogen-bond acceptors (Lipinski definition) is 3. The van der Waals surface area contributed by atoms with Gasteiger partial charge in [0.05, 0.1) is 13.1 Å². The zero-order valence-corrected chi connectivity index (χ0v) is 14.5. The molecule has 0 aliphatic heterocycles. The maximum absolute atomic E-state index is 12.4. The van der Waals surface area contributed by atoms with Crippen molar-refractivity contribution in [2.75, 3.05) is 18.9 Å². The second-order valence-corrected chi connectivity index (χ2v) is 6.66. The van der Waals surface area contributed by atoms with Crippen molar-refractivity contribution in [2.45, 2.75) is 45.2 Å². The van der Waals surface area contributed by atoms with E-state index in [1.807, 2.05) is 31.3 Å². The van der Waals surface area contributed by atoms with Crippen molar-refractivity contribution in [3.63, 3.8) is 0 Å². The van der Waals surface area contributed by atoms with E-state index in [4.69, 9.17) is 0 Å². The predicted molar refractivity (Wildman–Crippen MR) is 96.0 cm³/mol. The predicted octanol–water partition coefficient (Wildman–Crippen LogP) is 3.05. The Balaban J connectivity index is 1.64. The fourth-order valence-electron chi connectivity index (χ4n) is 3.42. The van der Waals surface area contributed by atoms with Crippen LogP contribution in [0, 0.1) is 6.92 Å². The average molecular weight is 326 g/mol. The standard InChI is InChI=1S/C19H26N4O/c1-15-20-11-12-23(15)13-16-7-3-6-10-18(16)21-19(24)14-22(2)17-8-4-5-9-17/h3,6-7,10-12,17H,4-5,8-9,13-14H2,1-2H3,(H,21,24). The normalized spacial score (nSPS) is 15.1. The average Bonchev–Trinajstić information content (AvgIpc) is 3.22. The van der Waals surface area contributed by atoms with Crippen LogP contribution in [-0.2, 0) is 11.3 Å². The molecule has 3 rings (SSSR count). The Morgan fingerprint density at radius 3 is 2.79 bits per heavy atom. The van der Waals surface area contributed by atoms with Crippen molar-refractivity contribution in [2.24, 2.45) is 0 Å². The summed E-state index contributed by atoms with van der Waals surface area (Å²) in [5, 5.41) is 3.08. The summed E-state index contributed by atoms with van der Waals surface area (Å²) in [7, 11) is 2.05. The highest BCUT2D eigenvalue weighted by molar-refractivity contribution is 5.93. The molecule has 128 valence electrons. The van der Waals surface area contributed by atoms with Crippen molar-refractivity contribution in [3.8, 4) is 0 Å². The molecule has 5 nitrogen and oxygen atoms in total. The number of imidazole rings is 1. The van der Waals surface area contributed by atoms with E-state index in [2.05, 4.69) is 32.9 Å². The molecular formula is C19H26N4O. The summed E-state index contributed by atoms with van der Waals surface area (Å²) in [6, 6.07) is 8.53. The van der Waals surface area contributed by atoms with Gasteiger partial charge in [0.25, 0.3) is 0 Å². The van der Waals surface area contributed by atoms with E-state index in [9.17, 15) is 4.79 Å². The number of aromatic nitrogens is 2. The first-order valence-electron chi connectivity index (χ1n) is 8.69. The monoisotopic (exact) mass is 326 g/mol. The first-order chi connectivity index (χ1) is 11.6. The van der Waals surface area contributed by atoms with Crippen LogP contribution < -0.4 is 5.32 Å². The van der Waals surface area contributed by atoms with Gasteiger partial charge in [0.15, 0.2) is 0 Å². The number of para-hydroxylation sites is 1. The van der Waals surface area contributed by atoms with Crippen molar-refractivity contribution >= 4 is 11.6 Å². The maximum atomic E-state index is 12.4. The number of anilines is 1. The topological polar surface area (TPSA) is 50.2 Å². The maximum Gasteiger partial charge on any atom is 0.238 e. The Labute approximate surface area is 143 Å². The largest absolute Gasteiger partial charge is 0.331 e. The fourth-order valence-corrected chi connectivity index (χ4v) is 3.42. The van der Waals surface area contributed by atoms with Gasteiger partial charge in [0.1, 0.15) is 5.82 Å². The molecule has 1 aliphatic rings. The molecule has 0 unspecified atom stereocenters. The lowest BCUT2D eigenvalue weighted by Crippen LogP contribution is -2.36. The van der Waals surface area contributed by atoms with Gasteiger partial charge in [0, 0.05) is 24.1 Å². The summed E-state index contributed by atoms with van der Waals surface area (Å²) in [5.41, 5.74) is 1.98. The third-order valence-electron chi connectivity index (χ3n) is 4.90. The number of aryl methyl sites for hydroxylation is 1. The Hall–Kier alpha value is -2.14. The van der Waals surface area contributed by atoms with Crippen LogP contribution in [0.5, 0.6) is 0 Å². The quantitative estimate of drug-likeness (QED) is 0.887. The molecule has 1 amide bonds. The number of hydrogen-bond donors (Lipinski definition) is 1. The highest BCUT2D eigenvalue weighted by Gasteiger charge is 2.21. The molecule has 1 N–H and O–H groups in total. The number of amides is 1. The molecule has 0 spiro atoms. The van der Waals surface area contributed by atoms with Gasteiger partial charge in [-0.05, 0) is 38.4 Å². The molecule has 0 radical (unpaired) electrons. The van der Waals surface area contributed by atoms with Crippen LogP contribution in [0.4, 0.5) is 5.69 Å². The van der Waals surface area contributed by atoms with Gasteiger partial charge in [0.2, 0.25) is 5.91 Å². The highest BCUT2D eigenvalue weighted by Crippen LogP contribution is 2.22. The molecule has 5 heteroatoms. The summed E-state index contributed by atoms with van der Waals surface area (Å²) in [4.78, 5) is 18.9. The van der Waals surface area contributed by atoms with Crippen molar-refractivity contribution < 1.29 is 4.79 Å². The van der Waals surface area contributed by atoms with Gasteiger partial charge >= 0.3 is 0 Å². The third kappa shape index (κ3) is 4.03. The Kier molecular flexibility index (Phi) is 5.30. The number of likely N-dealkylation sites (N-methyl/N-ethyl adjacent to an activating group) is 1. The molecule has 0 saturated heterocycles. The molecule has 1 fully saturated rings. The zero-order valence-electron chi connectivity index (χ0n) is 14.5. The van der Waals surface area contributed by atoms with Crippen molar-refractivity contribution in [1.29, 1.82) is 0 Å². The number of rotatable bonds is 6. The van der Waals surface area contributed by atoms with Crippen LogP contribution in [0.25, 0.3) is 0 Å². The molecule has 2 aromatic rings. The lowest BCUT2D eigenvalue weighted by molar-refractivity contribution is -0.117. The van der Waals surface area contributed by atoms with Gasteiger partial charge in [-0.2, -0.15) is 0 Å². The lowest BCUT2D eigenvalue weighted by Gasteiger charge is -2.23. The molecule has 1 aromatic carbocycles. The molecule has 1 aromatic heterocycles. The first kappa shape index (κ1) is 16.7. The summed E-state index contributed by atoms with van der Waals surface area (Å²) in [6.07, 6.45) is 8.74. The minimum Gasteiger partial charge on any atom is -0.331 e. The lowest BCUT2D eigenvalue weighted by atomic mass is 10.1. The van der Waals surface area contributed by atoms with Crippen LogP contribution in [-0.4, -0.2) is 40.0 Å². The summed E-state index contributed by atoms with van der Waals surface area (Å²) >= 11 is 0. The van der Waals surface area contributed by atoms with E-state index in [0.717, 1.165) is 17.1 Å². The van der Waals surface area contributed by atoms with Gasteiger partial charge in [-0.1, -0.05) is 31.0 Å². The number of carbonyl (C=O) groups excluding carboxylic acids is 1. The number of nitrogens with one attached hydrogen (secondary N) is 1. The summed E-state index contributed by atoms with van der Waals surface area (Å²) in [5.74, 6) is 1.02. The van der Waals surface area contributed by atoms with Crippen LogP contribution in [0.15, 0.2) is 36.7 Å². The molecule has 1 heterocycles. The van der Waals surface area contributed by atoms with Crippen LogP contribution in [0.3, 0.4) is 0 Å². The SMILES string of the molecule is Cc1nccn1Cc1ccccc1NC(=O)CN(C)C1CCCC1. The fraction of sp³-hybridized carbons (Fsp3) is 0.474. The highest BCUT2D eigenvalue weighted by atomic mass is 16.2. The number of nitrogens with zero attached hydrogens (tertiary/aromatic N) is 3. The number of benzene rings is 1. The Bertz CT molecular complexity index is 688. The molecule has 0 atom stereocenters. The Morgan fingerprint density at radius 2 is 2.08 bits per heavy atom. The van der Waals surface area contributed by atoms with Crippen LogP contribution in [0.1, 0.15) is 37.1 Å². The van der Waals surface area contributed by atoms with Crippen LogP contribution >= 0.6 is 0 Å². The molecule has 1 aliphatic carbocycles. The van der Waals surface area contributed by atoms with E-state index < -0.39 is 0 Å². The van der Waals surface area contributed by atoms with E-state index in [1.165, 1.54) is 25.7 Å². The number of carbonyl (C=O) groups is 1. The minimum atomic E-state index is 0.0548. The molecule has 24 heavy (non-hydrogen) atoms. The van der Waals surface area contributed by atoms with Gasteiger partial charge in [-0.15, -0.1) is 0 Å². The molecular weight excluding hydrogens is 300 g/mol. The smallest absolute Gasteiger partial charge is 0.238 e. The van der Waals surface area contributed by atoms with E-state index in [-0.39, 0.29) is 5.91 Å². The third-order valence-corrected chi connectivity index (χ3v) is 4.90. The van der Waals surface area contributed by atoms with Gasteiger partial charge in [-0.3, -0.25) is 9.69 Å². The summed E-state index contributed by atoms with van der Waals surface area (Å²) in [6.45, 7) is 3.14. The van der Waals surface area contributed by atoms with Gasteiger partial charge in [-0.25, -0.2) is 4.98 Å². The minimum absolute atomic E-state index is 0.0548. The first-order valence-corrected chi connectivity index (χ1v) is 8.69. The van der Waals surface area contributed by atoms with E-state index in [1.54, 1.807) is 6.20 Å². The Morgan fingerprint density at radius 1 is 1.33 bits per heavy atom. The second kappa shape index (κ2) is 7.62. The van der Waals surface area contributed by atoms with E-state index >= 15 is 0 Å². The van der Waals surface area contributed by atoms with Crippen molar-refractivity contribution in [1.82, 2.24) is 14.5 Å². The van der Waals surface area contributed by atoms with Crippen LogP contribution in [0.2, 0.25) is 0 Å². The zero-order chi connectivity index (χ0) is 16.9. The second-order valence-electron chi connectivity index (χ2n) is 6.66. The molecule has 1 saturated carbocycles. The van der Waals surface area contributed by atoms with Gasteiger partial charge < -0.3 is 9.88 Å². The van der Waals surface area contributed by atoms with E-state index in [0.29, 0.717) is 19.1 Å². The van der Waals surface area contributed by atoms with Crippen molar-refractivity contribution in [3.05, 3.63) is 48.0 Å². The molecule has 0 bridgehead atoms.